The molecule has 6 nitrogen and oxygen atoms in total. The Hall–Kier alpha value is -1.82. The van der Waals surface area contributed by atoms with Crippen LogP contribution in [0.15, 0.2) is 18.5 Å². The molecule has 1 heterocycles. The van der Waals surface area contributed by atoms with Gasteiger partial charge in [0, 0.05) is 37.1 Å². The molecule has 1 rings (SSSR count). The van der Waals surface area contributed by atoms with E-state index in [1.54, 1.807) is 6.07 Å². The van der Waals surface area contributed by atoms with Gasteiger partial charge in [0.25, 0.3) is 5.91 Å². The molecule has 19 heavy (non-hydrogen) atoms. The summed E-state index contributed by atoms with van der Waals surface area (Å²) in [4.78, 5) is 26.9. The maximum absolute atomic E-state index is 11.7. The van der Waals surface area contributed by atoms with E-state index in [4.69, 9.17) is 5.73 Å². The lowest BCUT2D eigenvalue weighted by Crippen LogP contribution is -2.34. The van der Waals surface area contributed by atoms with Crippen LogP contribution in [0.2, 0.25) is 0 Å². The standard InChI is InChI=1S/C12H18N4O2.ClH/c1-8(2)16-11(17)4-6-15-12(18)9-7-14-5-3-10(9)13;/h3,5,7-8H,4,6H2,1-2H3,(H2,13,14)(H,15,18)(H,16,17);1H. The molecule has 7 heteroatoms. The lowest BCUT2D eigenvalue weighted by Gasteiger charge is -2.09. The summed E-state index contributed by atoms with van der Waals surface area (Å²) < 4.78 is 0. The van der Waals surface area contributed by atoms with Gasteiger partial charge in [-0.25, -0.2) is 0 Å². The summed E-state index contributed by atoms with van der Waals surface area (Å²) in [7, 11) is 0. The predicted octanol–water partition coefficient (Wildman–Crippen LogP) is 0.730. The number of hydrogen-bond donors (Lipinski definition) is 3. The monoisotopic (exact) mass is 286 g/mol. The van der Waals surface area contributed by atoms with Crippen molar-refractivity contribution in [1.29, 1.82) is 0 Å². The lowest BCUT2D eigenvalue weighted by atomic mass is 10.2. The molecule has 0 aliphatic heterocycles. The van der Waals surface area contributed by atoms with Crippen molar-refractivity contribution in [3.05, 3.63) is 24.0 Å². The molecule has 0 saturated heterocycles. The van der Waals surface area contributed by atoms with Crippen molar-refractivity contribution >= 4 is 29.9 Å². The highest BCUT2D eigenvalue weighted by Gasteiger charge is 2.10. The molecule has 0 atom stereocenters. The largest absolute Gasteiger partial charge is 0.398 e. The molecule has 4 N–H and O–H groups in total. The van der Waals surface area contributed by atoms with Gasteiger partial charge < -0.3 is 16.4 Å². The fourth-order valence-corrected chi connectivity index (χ4v) is 1.37. The van der Waals surface area contributed by atoms with Crippen LogP contribution in [-0.2, 0) is 4.79 Å². The number of hydrogen-bond acceptors (Lipinski definition) is 4. The molecule has 0 unspecified atom stereocenters. The topological polar surface area (TPSA) is 97.1 Å². The summed E-state index contributed by atoms with van der Waals surface area (Å²) in [6.07, 6.45) is 3.16. The van der Waals surface area contributed by atoms with Gasteiger partial charge >= 0.3 is 0 Å². The first kappa shape index (κ1) is 17.2. The predicted molar refractivity (Wildman–Crippen MR) is 76.1 cm³/mol. The number of nitrogens with one attached hydrogen (secondary N) is 2. The van der Waals surface area contributed by atoms with E-state index >= 15 is 0 Å². The first-order valence-electron chi connectivity index (χ1n) is 5.77. The second kappa shape index (κ2) is 8.31. The van der Waals surface area contributed by atoms with Crippen LogP contribution < -0.4 is 16.4 Å². The van der Waals surface area contributed by atoms with E-state index in [1.165, 1.54) is 12.4 Å². The Morgan fingerprint density at radius 3 is 2.68 bits per heavy atom. The van der Waals surface area contributed by atoms with E-state index in [0.29, 0.717) is 11.3 Å². The summed E-state index contributed by atoms with van der Waals surface area (Å²) in [5, 5.41) is 5.36. The fourth-order valence-electron chi connectivity index (χ4n) is 1.37. The molecule has 0 aliphatic rings. The van der Waals surface area contributed by atoms with Gasteiger partial charge in [-0.1, -0.05) is 0 Å². The molecule has 2 amide bonds. The smallest absolute Gasteiger partial charge is 0.254 e. The zero-order valence-electron chi connectivity index (χ0n) is 11.0. The molecule has 0 aromatic carbocycles. The van der Waals surface area contributed by atoms with Crippen molar-refractivity contribution in [2.75, 3.05) is 12.3 Å². The third-order valence-electron chi connectivity index (χ3n) is 2.19. The van der Waals surface area contributed by atoms with Crippen molar-refractivity contribution in [2.45, 2.75) is 26.3 Å². The number of amides is 2. The number of anilines is 1. The van der Waals surface area contributed by atoms with Crippen LogP contribution in [0.25, 0.3) is 0 Å². The molecule has 1 aromatic rings. The third kappa shape index (κ3) is 6.05. The summed E-state index contributed by atoms with van der Waals surface area (Å²) >= 11 is 0. The quantitative estimate of drug-likeness (QED) is 0.743. The highest BCUT2D eigenvalue weighted by molar-refractivity contribution is 5.98. The van der Waals surface area contributed by atoms with Gasteiger partial charge in [-0.3, -0.25) is 14.6 Å². The number of rotatable bonds is 5. The highest BCUT2D eigenvalue weighted by Crippen LogP contribution is 2.07. The second-order valence-electron chi connectivity index (χ2n) is 4.19. The first-order valence-corrected chi connectivity index (χ1v) is 5.77. The van der Waals surface area contributed by atoms with Crippen molar-refractivity contribution in [3.63, 3.8) is 0 Å². The minimum atomic E-state index is -0.321. The number of pyridine rings is 1. The average Bonchev–Trinajstić information content (AvgIpc) is 2.28. The molecule has 0 spiro atoms. The number of carbonyl (C=O) groups is 2. The van der Waals surface area contributed by atoms with Gasteiger partial charge in [-0.15, -0.1) is 12.4 Å². The van der Waals surface area contributed by atoms with Gasteiger partial charge in [-0.2, -0.15) is 0 Å². The minimum absolute atomic E-state index is 0. The van der Waals surface area contributed by atoms with Crippen LogP contribution >= 0.6 is 12.4 Å². The van der Waals surface area contributed by atoms with Gasteiger partial charge in [-0.05, 0) is 19.9 Å². The SMILES string of the molecule is CC(C)NC(=O)CCNC(=O)c1cnccc1N.Cl. The summed E-state index contributed by atoms with van der Waals surface area (Å²) in [6.45, 7) is 4.03. The first-order chi connectivity index (χ1) is 8.50. The summed E-state index contributed by atoms with van der Waals surface area (Å²) in [6, 6.07) is 1.66. The normalized spacial score (nSPS) is 9.63. The van der Waals surface area contributed by atoms with Crippen LogP contribution in [0, 0.1) is 0 Å². The number of carbonyl (C=O) groups excluding carboxylic acids is 2. The number of nitrogens with zero attached hydrogens (tertiary/aromatic N) is 1. The molecule has 1 aromatic heterocycles. The maximum atomic E-state index is 11.7. The van der Waals surface area contributed by atoms with Crippen LogP contribution in [0.4, 0.5) is 5.69 Å². The summed E-state index contributed by atoms with van der Waals surface area (Å²) in [5.74, 6) is -0.414. The Morgan fingerprint density at radius 2 is 2.11 bits per heavy atom. The lowest BCUT2D eigenvalue weighted by molar-refractivity contribution is -0.121. The second-order valence-corrected chi connectivity index (χ2v) is 4.19. The fraction of sp³-hybridized carbons (Fsp3) is 0.417. The van der Waals surface area contributed by atoms with Crippen molar-refractivity contribution in [1.82, 2.24) is 15.6 Å². The Balaban J connectivity index is 0.00000324. The molecular formula is C12H19ClN4O2. The van der Waals surface area contributed by atoms with Gasteiger partial charge in [0.2, 0.25) is 5.91 Å². The molecule has 0 aliphatic carbocycles. The van der Waals surface area contributed by atoms with Crippen molar-refractivity contribution in [3.8, 4) is 0 Å². The number of nitrogens with two attached hydrogens (primary N) is 1. The van der Waals surface area contributed by atoms with Crippen molar-refractivity contribution < 1.29 is 9.59 Å². The average molecular weight is 287 g/mol. The van der Waals surface area contributed by atoms with Crippen LogP contribution in [-0.4, -0.2) is 29.4 Å². The molecule has 0 bridgehead atoms. The molecule has 106 valence electrons. The van der Waals surface area contributed by atoms with E-state index in [9.17, 15) is 9.59 Å². The van der Waals surface area contributed by atoms with E-state index in [1.807, 2.05) is 13.8 Å². The molecule has 0 fully saturated rings. The van der Waals surface area contributed by atoms with Gasteiger partial charge in [0.15, 0.2) is 0 Å². The van der Waals surface area contributed by atoms with Crippen LogP contribution in [0.3, 0.4) is 0 Å². The van der Waals surface area contributed by atoms with E-state index in [0.717, 1.165) is 0 Å². The Labute approximate surface area is 118 Å². The number of nitrogen functional groups attached to an aromatic ring is 1. The van der Waals surface area contributed by atoms with Crippen LogP contribution in [0.1, 0.15) is 30.6 Å². The van der Waals surface area contributed by atoms with Gasteiger partial charge in [0.1, 0.15) is 0 Å². The third-order valence-corrected chi connectivity index (χ3v) is 2.19. The van der Waals surface area contributed by atoms with Crippen LogP contribution in [0.5, 0.6) is 0 Å². The number of halogens is 1. The minimum Gasteiger partial charge on any atom is -0.398 e. The van der Waals surface area contributed by atoms with E-state index < -0.39 is 0 Å². The summed E-state index contributed by atoms with van der Waals surface area (Å²) in [5.41, 5.74) is 6.33. The zero-order chi connectivity index (χ0) is 13.5. The maximum Gasteiger partial charge on any atom is 0.254 e. The Kier molecular flexibility index (Phi) is 7.52. The van der Waals surface area contributed by atoms with E-state index in [2.05, 4.69) is 15.6 Å². The number of aromatic nitrogens is 1. The zero-order valence-corrected chi connectivity index (χ0v) is 11.8. The molecule has 0 saturated carbocycles. The van der Waals surface area contributed by atoms with Crippen molar-refractivity contribution in [2.24, 2.45) is 0 Å². The van der Waals surface area contributed by atoms with E-state index in [-0.39, 0.29) is 43.2 Å². The Morgan fingerprint density at radius 1 is 1.42 bits per heavy atom. The van der Waals surface area contributed by atoms with Gasteiger partial charge in [0.05, 0.1) is 5.56 Å². The highest BCUT2D eigenvalue weighted by atomic mass is 35.5. The molecular weight excluding hydrogens is 268 g/mol. The molecule has 0 radical (unpaired) electrons. The Bertz CT molecular complexity index is 437.